The Labute approximate surface area is 223 Å². The van der Waals surface area contributed by atoms with Gasteiger partial charge in [-0.2, -0.15) is 5.10 Å². The molecule has 4 aromatic rings. The molecule has 0 aliphatic rings. The zero-order chi connectivity index (χ0) is 27.8. The zero-order valence-electron chi connectivity index (χ0n) is 21.0. The smallest absolute Gasteiger partial charge is 0.322 e. The minimum atomic E-state index is -0.943. The normalized spacial score (nSPS) is 10.8. The van der Waals surface area contributed by atoms with Crippen molar-refractivity contribution in [2.45, 2.75) is 6.42 Å². The van der Waals surface area contributed by atoms with Crippen LogP contribution in [0.15, 0.2) is 78.9 Å². The highest BCUT2D eigenvalue weighted by Gasteiger charge is 2.21. The number of rotatable bonds is 10. The molecule has 0 saturated heterocycles. The van der Waals surface area contributed by atoms with Gasteiger partial charge in [0.25, 0.3) is 0 Å². The molecule has 0 aliphatic heterocycles. The molecule has 3 aromatic carbocycles. The number of methoxy groups -OCH3 is 1. The molecule has 3 amide bonds. The van der Waals surface area contributed by atoms with E-state index in [0.29, 0.717) is 36.3 Å². The van der Waals surface area contributed by atoms with Crippen molar-refractivity contribution in [3.8, 4) is 16.9 Å². The summed E-state index contributed by atoms with van der Waals surface area (Å²) in [6.07, 6.45) is 0.411. The SMILES string of the molecule is COCCCN(CC(=O)Nc1cc(-c2ccccc2)nn1-c1ccc(F)cc1)C(=O)Nc1ccc(F)cc1F. The Kier molecular flexibility index (Phi) is 8.95. The standard InChI is InChI=1S/C28H26F3N5O3/c1-39-15-5-14-35(28(38)32-24-13-10-21(30)16-23(24)31)18-27(37)33-26-17-25(19-6-3-2-4-7-19)34-36(26)22-11-8-20(29)9-12-22/h2-4,6-13,16-17H,5,14-15,18H2,1H3,(H,32,38)(H,33,37). The summed E-state index contributed by atoms with van der Waals surface area (Å²) in [6, 6.07) is 18.6. The fourth-order valence-corrected chi connectivity index (χ4v) is 3.79. The number of hydrogen-bond donors (Lipinski definition) is 2. The topological polar surface area (TPSA) is 88.5 Å². The molecule has 8 nitrogen and oxygen atoms in total. The van der Waals surface area contributed by atoms with Crippen LogP contribution >= 0.6 is 0 Å². The number of nitrogens with one attached hydrogen (secondary N) is 2. The second-order valence-electron chi connectivity index (χ2n) is 8.54. The van der Waals surface area contributed by atoms with Crippen LogP contribution in [-0.4, -0.2) is 53.4 Å². The average molecular weight is 538 g/mol. The van der Waals surface area contributed by atoms with Crippen molar-refractivity contribution in [1.29, 1.82) is 0 Å². The molecule has 1 heterocycles. The molecule has 0 fully saturated rings. The molecule has 11 heteroatoms. The average Bonchev–Trinajstić information content (AvgIpc) is 3.34. The number of anilines is 2. The van der Waals surface area contributed by atoms with Gasteiger partial charge in [-0.1, -0.05) is 30.3 Å². The van der Waals surface area contributed by atoms with Crippen molar-refractivity contribution in [2.24, 2.45) is 0 Å². The molecule has 0 atom stereocenters. The molecule has 0 saturated carbocycles. The Morgan fingerprint density at radius 2 is 1.64 bits per heavy atom. The predicted molar refractivity (Wildman–Crippen MR) is 141 cm³/mol. The second kappa shape index (κ2) is 12.7. The van der Waals surface area contributed by atoms with Gasteiger partial charge in [0.2, 0.25) is 5.91 Å². The fourth-order valence-electron chi connectivity index (χ4n) is 3.79. The minimum absolute atomic E-state index is 0.127. The lowest BCUT2D eigenvalue weighted by atomic mass is 10.1. The number of ether oxygens (including phenoxy) is 1. The van der Waals surface area contributed by atoms with E-state index >= 15 is 0 Å². The fraction of sp³-hybridized carbons (Fsp3) is 0.179. The van der Waals surface area contributed by atoms with E-state index in [4.69, 9.17) is 4.74 Å². The summed E-state index contributed by atoms with van der Waals surface area (Å²) < 4.78 is 47.4. The van der Waals surface area contributed by atoms with E-state index in [9.17, 15) is 22.8 Å². The highest BCUT2D eigenvalue weighted by Crippen LogP contribution is 2.25. The van der Waals surface area contributed by atoms with Crippen molar-refractivity contribution in [3.63, 3.8) is 0 Å². The first-order valence-electron chi connectivity index (χ1n) is 12.0. The number of aromatic nitrogens is 2. The first-order chi connectivity index (χ1) is 18.8. The van der Waals surface area contributed by atoms with E-state index in [1.165, 1.54) is 41.0 Å². The van der Waals surface area contributed by atoms with Crippen molar-refractivity contribution in [3.05, 3.63) is 96.3 Å². The second-order valence-corrected chi connectivity index (χ2v) is 8.54. The molecule has 39 heavy (non-hydrogen) atoms. The quantitative estimate of drug-likeness (QED) is 0.263. The Morgan fingerprint density at radius 1 is 0.923 bits per heavy atom. The number of nitrogens with zero attached hydrogens (tertiary/aromatic N) is 3. The van der Waals surface area contributed by atoms with E-state index in [2.05, 4.69) is 15.7 Å². The van der Waals surface area contributed by atoms with Gasteiger partial charge in [0.1, 0.15) is 29.8 Å². The van der Waals surface area contributed by atoms with Gasteiger partial charge in [-0.3, -0.25) is 4.79 Å². The third-order valence-corrected chi connectivity index (χ3v) is 5.69. The van der Waals surface area contributed by atoms with E-state index < -0.39 is 29.4 Å². The molecule has 2 N–H and O–H groups in total. The van der Waals surface area contributed by atoms with Crippen LogP contribution in [0.2, 0.25) is 0 Å². The van der Waals surface area contributed by atoms with Gasteiger partial charge in [-0.25, -0.2) is 22.6 Å². The first-order valence-corrected chi connectivity index (χ1v) is 12.0. The lowest BCUT2D eigenvalue weighted by Crippen LogP contribution is -2.41. The van der Waals surface area contributed by atoms with Gasteiger partial charge >= 0.3 is 6.03 Å². The molecule has 1 aromatic heterocycles. The monoisotopic (exact) mass is 537 g/mol. The van der Waals surface area contributed by atoms with E-state index in [1.54, 1.807) is 6.07 Å². The van der Waals surface area contributed by atoms with Gasteiger partial charge < -0.3 is 20.3 Å². The van der Waals surface area contributed by atoms with Crippen molar-refractivity contribution in [1.82, 2.24) is 14.7 Å². The van der Waals surface area contributed by atoms with Crippen molar-refractivity contribution in [2.75, 3.05) is 37.4 Å². The number of halogens is 3. The van der Waals surface area contributed by atoms with Gasteiger partial charge in [-0.15, -0.1) is 0 Å². The van der Waals surface area contributed by atoms with Crippen molar-refractivity contribution < 1.29 is 27.5 Å². The maximum Gasteiger partial charge on any atom is 0.322 e. The lowest BCUT2D eigenvalue weighted by Gasteiger charge is -2.23. The molecule has 0 unspecified atom stereocenters. The highest BCUT2D eigenvalue weighted by molar-refractivity contribution is 5.97. The van der Waals surface area contributed by atoms with Crippen LogP contribution in [0.4, 0.5) is 29.5 Å². The van der Waals surface area contributed by atoms with Crippen LogP contribution < -0.4 is 10.6 Å². The first kappa shape index (κ1) is 27.4. The number of carbonyl (C=O) groups is 2. The molecular formula is C28H26F3N5O3. The van der Waals surface area contributed by atoms with Crippen LogP contribution in [0.5, 0.6) is 0 Å². The minimum Gasteiger partial charge on any atom is -0.385 e. The maximum absolute atomic E-state index is 14.1. The third-order valence-electron chi connectivity index (χ3n) is 5.69. The molecular weight excluding hydrogens is 511 g/mol. The van der Waals surface area contributed by atoms with E-state index in [-0.39, 0.29) is 18.8 Å². The zero-order valence-corrected chi connectivity index (χ0v) is 21.0. The largest absolute Gasteiger partial charge is 0.385 e. The number of carbonyl (C=O) groups excluding carboxylic acids is 2. The number of hydrogen-bond acceptors (Lipinski definition) is 4. The molecule has 0 spiro atoms. The van der Waals surface area contributed by atoms with Crippen LogP contribution in [0.25, 0.3) is 16.9 Å². The van der Waals surface area contributed by atoms with Gasteiger partial charge in [0, 0.05) is 38.0 Å². The lowest BCUT2D eigenvalue weighted by molar-refractivity contribution is -0.116. The van der Waals surface area contributed by atoms with Crippen LogP contribution in [0.3, 0.4) is 0 Å². The van der Waals surface area contributed by atoms with Gasteiger partial charge in [0.05, 0.1) is 17.1 Å². The summed E-state index contributed by atoms with van der Waals surface area (Å²) in [5.41, 5.74) is 1.66. The van der Waals surface area contributed by atoms with Crippen LogP contribution in [-0.2, 0) is 9.53 Å². The van der Waals surface area contributed by atoms with E-state index in [1.807, 2.05) is 30.3 Å². The third kappa shape index (κ3) is 7.23. The van der Waals surface area contributed by atoms with Gasteiger partial charge in [-0.05, 0) is 42.8 Å². The summed E-state index contributed by atoms with van der Waals surface area (Å²) in [5, 5.41) is 9.72. The molecule has 202 valence electrons. The Balaban J connectivity index is 1.55. The van der Waals surface area contributed by atoms with Crippen LogP contribution in [0, 0.1) is 17.5 Å². The van der Waals surface area contributed by atoms with Crippen LogP contribution in [0.1, 0.15) is 6.42 Å². The summed E-state index contributed by atoms with van der Waals surface area (Å²) in [7, 11) is 1.51. The summed E-state index contributed by atoms with van der Waals surface area (Å²) in [4.78, 5) is 27.2. The predicted octanol–water partition coefficient (Wildman–Crippen LogP) is 5.47. The Morgan fingerprint density at radius 3 is 2.33 bits per heavy atom. The van der Waals surface area contributed by atoms with E-state index in [0.717, 1.165) is 17.7 Å². The Bertz CT molecular complexity index is 1430. The summed E-state index contributed by atoms with van der Waals surface area (Å²) in [5.74, 6) is -2.40. The number of urea groups is 1. The maximum atomic E-state index is 14.1. The summed E-state index contributed by atoms with van der Waals surface area (Å²) in [6.45, 7) is 0.0735. The van der Waals surface area contributed by atoms with Crippen molar-refractivity contribution >= 4 is 23.4 Å². The highest BCUT2D eigenvalue weighted by atomic mass is 19.1. The summed E-state index contributed by atoms with van der Waals surface area (Å²) >= 11 is 0. The molecule has 4 rings (SSSR count). The molecule has 0 bridgehead atoms. The molecule has 0 radical (unpaired) electrons. The number of amides is 3. The Hall–Kier alpha value is -4.64. The van der Waals surface area contributed by atoms with Gasteiger partial charge in [0.15, 0.2) is 0 Å². The molecule has 0 aliphatic carbocycles. The number of benzene rings is 3.